The van der Waals surface area contributed by atoms with Gasteiger partial charge < -0.3 is 15.1 Å². The summed E-state index contributed by atoms with van der Waals surface area (Å²) >= 11 is 5.95. The zero-order chi connectivity index (χ0) is 19.9. The number of nitrogens with one attached hydrogen (secondary N) is 3. The Kier molecular flexibility index (Phi) is 4.27. The summed E-state index contributed by atoms with van der Waals surface area (Å²) in [5.74, 6) is -1.06. The number of nitrogens with zero attached hydrogens (tertiary/aromatic N) is 1. The molecular formula is C19H15ClN4O4. The van der Waals surface area contributed by atoms with Crippen LogP contribution in [0.2, 0.25) is 5.02 Å². The molecule has 142 valence electrons. The monoisotopic (exact) mass is 398 g/mol. The highest BCUT2D eigenvalue weighted by Crippen LogP contribution is 2.26. The molecule has 0 unspecified atom stereocenters. The number of imide groups is 1. The molecule has 3 N–H and O–H groups in total. The summed E-state index contributed by atoms with van der Waals surface area (Å²) in [4.78, 5) is 41.2. The molecule has 1 saturated heterocycles. The van der Waals surface area contributed by atoms with Gasteiger partial charge in [0.2, 0.25) is 0 Å². The van der Waals surface area contributed by atoms with E-state index in [9.17, 15) is 14.4 Å². The first-order chi connectivity index (χ1) is 13.4. The number of rotatable bonds is 4. The van der Waals surface area contributed by atoms with E-state index in [-0.39, 0.29) is 12.3 Å². The van der Waals surface area contributed by atoms with Crippen LogP contribution in [0.25, 0.3) is 11.0 Å². The predicted molar refractivity (Wildman–Crippen MR) is 101 cm³/mol. The Morgan fingerprint density at radius 1 is 1.29 bits per heavy atom. The number of fused-ring (bicyclic) bond motifs is 1. The van der Waals surface area contributed by atoms with Crippen molar-refractivity contribution in [3.05, 3.63) is 64.6 Å². The number of hydrogen-bond donors (Lipinski definition) is 3. The lowest BCUT2D eigenvalue weighted by Crippen LogP contribution is -2.53. The lowest BCUT2D eigenvalue weighted by Gasteiger charge is -2.26. The molecule has 1 aliphatic heterocycles. The molecular weight excluding hydrogens is 384 g/mol. The molecule has 1 aliphatic rings. The Balaban J connectivity index is 1.63. The van der Waals surface area contributed by atoms with Crippen LogP contribution in [0.5, 0.6) is 0 Å². The number of urea groups is 1. The molecule has 0 radical (unpaired) electrons. The molecule has 1 fully saturated rings. The zero-order valence-corrected chi connectivity index (χ0v) is 15.5. The lowest BCUT2D eigenvalue weighted by atomic mass is 9.91. The van der Waals surface area contributed by atoms with Crippen molar-refractivity contribution in [2.45, 2.75) is 12.5 Å². The Hall–Kier alpha value is -3.39. The van der Waals surface area contributed by atoms with Crippen LogP contribution in [0, 0.1) is 6.92 Å². The van der Waals surface area contributed by atoms with E-state index in [4.69, 9.17) is 16.0 Å². The fraction of sp³-hybridized carbons (Fsp3) is 0.158. The number of amides is 4. The summed E-state index contributed by atoms with van der Waals surface area (Å²) in [7, 11) is 0. The summed E-state index contributed by atoms with van der Waals surface area (Å²) < 4.78 is 5.54. The van der Waals surface area contributed by atoms with Crippen LogP contribution in [-0.4, -0.2) is 29.4 Å². The van der Waals surface area contributed by atoms with Gasteiger partial charge in [0.25, 0.3) is 11.8 Å². The summed E-state index contributed by atoms with van der Waals surface area (Å²) in [6.07, 6.45) is 1.52. The molecule has 0 spiro atoms. The Morgan fingerprint density at radius 2 is 2.11 bits per heavy atom. The van der Waals surface area contributed by atoms with Gasteiger partial charge in [-0.25, -0.2) is 4.79 Å². The predicted octanol–water partition coefficient (Wildman–Crippen LogP) is 2.25. The second kappa shape index (κ2) is 6.65. The van der Waals surface area contributed by atoms with E-state index in [0.29, 0.717) is 27.2 Å². The first kappa shape index (κ1) is 18.0. The van der Waals surface area contributed by atoms with Crippen molar-refractivity contribution in [2.75, 3.05) is 6.54 Å². The normalized spacial score (nSPS) is 18.8. The van der Waals surface area contributed by atoms with Crippen LogP contribution in [0.4, 0.5) is 4.79 Å². The van der Waals surface area contributed by atoms with Gasteiger partial charge in [-0.15, -0.1) is 0 Å². The van der Waals surface area contributed by atoms with Crippen molar-refractivity contribution in [3.63, 3.8) is 0 Å². The van der Waals surface area contributed by atoms with Gasteiger partial charge in [0, 0.05) is 16.6 Å². The summed E-state index contributed by atoms with van der Waals surface area (Å²) in [6, 6.07) is 9.40. The minimum Gasteiger partial charge on any atom is -0.451 e. The van der Waals surface area contributed by atoms with Crippen molar-refractivity contribution in [3.8, 4) is 0 Å². The summed E-state index contributed by atoms with van der Waals surface area (Å²) in [5.41, 5.74) is 0.0622. The van der Waals surface area contributed by atoms with Crippen LogP contribution >= 0.6 is 11.6 Å². The second-order valence-corrected chi connectivity index (χ2v) is 6.89. The van der Waals surface area contributed by atoms with Crippen LogP contribution in [0.3, 0.4) is 0 Å². The third kappa shape index (κ3) is 2.97. The van der Waals surface area contributed by atoms with Gasteiger partial charge in [0.05, 0.1) is 12.2 Å². The number of halogens is 1. The third-order valence-corrected chi connectivity index (χ3v) is 4.81. The number of aryl methyl sites for hydroxylation is 1. The van der Waals surface area contributed by atoms with E-state index in [1.807, 2.05) is 0 Å². The molecule has 3 heterocycles. The number of pyridine rings is 1. The number of aromatic nitrogens is 1. The smallest absolute Gasteiger partial charge is 0.322 e. The van der Waals surface area contributed by atoms with Crippen molar-refractivity contribution in [1.82, 2.24) is 20.9 Å². The molecule has 2 aromatic heterocycles. The molecule has 8 nitrogen and oxygen atoms in total. The minimum absolute atomic E-state index is 0.0647. The van der Waals surface area contributed by atoms with Gasteiger partial charge in [-0.3, -0.25) is 19.9 Å². The zero-order valence-electron chi connectivity index (χ0n) is 14.7. The molecule has 9 heteroatoms. The van der Waals surface area contributed by atoms with Gasteiger partial charge in [-0.1, -0.05) is 17.7 Å². The first-order valence-corrected chi connectivity index (χ1v) is 8.80. The van der Waals surface area contributed by atoms with Gasteiger partial charge in [0.1, 0.15) is 5.58 Å². The number of hydrogen-bond acceptors (Lipinski definition) is 5. The molecule has 4 rings (SSSR count). The van der Waals surface area contributed by atoms with E-state index in [1.54, 1.807) is 43.3 Å². The van der Waals surface area contributed by atoms with Crippen molar-refractivity contribution < 1.29 is 18.8 Å². The van der Waals surface area contributed by atoms with Crippen molar-refractivity contribution in [2.24, 2.45) is 0 Å². The van der Waals surface area contributed by atoms with Gasteiger partial charge >= 0.3 is 6.03 Å². The minimum atomic E-state index is -1.51. The Labute approximate surface area is 164 Å². The topological polar surface area (TPSA) is 113 Å². The van der Waals surface area contributed by atoms with Crippen LogP contribution in [0.15, 0.2) is 47.0 Å². The van der Waals surface area contributed by atoms with Crippen molar-refractivity contribution in [1.29, 1.82) is 0 Å². The van der Waals surface area contributed by atoms with Gasteiger partial charge in [0.15, 0.2) is 11.3 Å². The van der Waals surface area contributed by atoms with Crippen molar-refractivity contribution >= 4 is 40.4 Å². The summed E-state index contributed by atoms with van der Waals surface area (Å²) in [6.45, 7) is 1.58. The fourth-order valence-corrected chi connectivity index (χ4v) is 3.41. The molecule has 1 atom stereocenters. The van der Waals surface area contributed by atoms with Crippen LogP contribution in [0.1, 0.15) is 21.8 Å². The van der Waals surface area contributed by atoms with E-state index >= 15 is 0 Å². The molecule has 28 heavy (non-hydrogen) atoms. The first-order valence-electron chi connectivity index (χ1n) is 8.42. The van der Waals surface area contributed by atoms with Crippen LogP contribution in [-0.2, 0) is 10.3 Å². The van der Waals surface area contributed by atoms with E-state index in [1.165, 1.54) is 6.20 Å². The highest BCUT2D eigenvalue weighted by Gasteiger charge is 2.50. The van der Waals surface area contributed by atoms with Gasteiger partial charge in [-0.05, 0) is 42.8 Å². The third-order valence-electron chi connectivity index (χ3n) is 4.57. The maximum Gasteiger partial charge on any atom is 0.322 e. The highest BCUT2D eigenvalue weighted by molar-refractivity contribution is 6.31. The van der Waals surface area contributed by atoms with E-state index in [0.717, 1.165) is 0 Å². The lowest BCUT2D eigenvalue weighted by molar-refractivity contribution is -0.124. The van der Waals surface area contributed by atoms with Crippen LogP contribution < -0.4 is 16.0 Å². The molecule has 0 bridgehead atoms. The number of benzene rings is 1. The van der Waals surface area contributed by atoms with E-state index in [2.05, 4.69) is 20.9 Å². The number of furan rings is 1. The number of carbonyl (C=O) groups excluding carboxylic acids is 3. The molecule has 1 aromatic carbocycles. The van der Waals surface area contributed by atoms with E-state index < -0.39 is 23.4 Å². The summed E-state index contributed by atoms with van der Waals surface area (Å²) in [5, 5.41) is 8.65. The molecule has 4 amide bonds. The average molecular weight is 399 g/mol. The molecule has 0 aliphatic carbocycles. The Morgan fingerprint density at radius 3 is 2.82 bits per heavy atom. The average Bonchev–Trinajstić information content (AvgIpc) is 3.20. The SMILES string of the molecule is Cc1cccnc1[C@]1(CNC(=O)c2cc3cc(Cl)ccc3o2)NC(=O)NC1=O. The number of carbonyl (C=O) groups is 3. The van der Waals surface area contributed by atoms with Gasteiger partial charge in [-0.2, -0.15) is 0 Å². The largest absolute Gasteiger partial charge is 0.451 e. The maximum absolute atomic E-state index is 12.6. The molecule has 0 saturated carbocycles. The molecule has 3 aromatic rings. The second-order valence-electron chi connectivity index (χ2n) is 6.46. The highest BCUT2D eigenvalue weighted by atomic mass is 35.5. The quantitative estimate of drug-likeness (QED) is 0.583. The standard InChI is InChI=1S/C19H15ClN4O4/c1-10-3-2-6-21-15(10)19(17(26)23-18(27)24-19)9-22-16(25)14-8-11-7-12(20)4-5-13(11)28-14/h2-8H,9H2,1H3,(H,22,25)(H2,23,24,26,27)/t19-/m0/s1. The Bertz CT molecular complexity index is 1130. The maximum atomic E-state index is 12.6. The fourth-order valence-electron chi connectivity index (χ4n) is 3.23.